The number of fused-ring (bicyclic) bond motifs is 3. The third-order valence-corrected chi connectivity index (χ3v) is 3.81. The highest BCUT2D eigenvalue weighted by molar-refractivity contribution is 6.00. The standard InChI is InChI=1S/C16H17NO3/c1-3-4-5-12-13-10-8-9(2)6-7-11(10)17-15(18)14(13)16(19)20-12/h6-8,12H,3-5H2,1-2H3,(H,17,18). The van der Waals surface area contributed by atoms with Crippen LogP contribution in [0.4, 0.5) is 0 Å². The Labute approximate surface area is 116 Å². The minimum atomic E-state index is -0.495. The molecule has 20 heavy (non-hydrogen) atoms. The quantitative estimate of drug-likeness (QED) is 0.872. The molecule has 0 amide bonds. The second kappa shape index (κ2) is 4.78. The summed E-state index contributed by atoms with van der Waals surface area (Å²) in [5.41, 5.74) is 2.47. The van der Waals surface area contributed by atoms with E-state index in [9.17, 15) is 9.59 Å². The van der Waals surface area contributed by atoms with Crippen LogP contribution in [0.25, 0.3) is 10.9 Å². The first-order chi connectivity index (χ1) is 9.61. The van der Waals surface area contributed by atoms with Gasteiger partial charge in [0.15, 0.2) is 0 Å². The number of H-pyrrole nitrogens is 1. The van der Waals surface area contributed by atoms with Gasteiger partial charge in [-0.15, -0.1) is 0 Å². The van der Waals surface area contributed by atoms with E-state index in [1.54, 1.807) is 0 Å². The van der Waals surface area contributed by atoms with Gasteiger partial charge in [0.2, 0.25) is 0 Å². The van der Waals surface area contributed by atoms with E-state index in [4.69, 9.17) is 4.74 Å². The largest absolute Gasteiger partial charge is 0.454 e. The van der Waals surface area contributed by atoms with Crippen molar-refractivity contribution in [2.75, 3.05) is 0 Å². The van der Waals surface area contributed by atoms with Crippen LogP contribution >= 0.6 is 0 Å². The first-order valence-corrected chi connectivity index (χ1v) is 6.99. The maximum Gasteiger partial charge on any atom is 0.344 e. The number of pyridine rings is 1. The van der Waals surface area contributed by atoms with Crippen molar-refractivity contribution >= 4 is 16.9 Å². The first kappa shape index (κ1) is 12.9. The highest BCUT2D eigenvalue weighted by Crippen LogP contribution is 2.37. The summed E-state index contributed by atoms with van der Waals surface area (Å²) in [4.78, 5) is 26.8. The smallest absolute Gasteiger partial charge is 0.344 e. The number of carbonyl (C=O) groups is 1. The topological polar surface area (TPSA) is 59.2 Å². The zero-order valence-corrected chi connectivity index (χ0v) is 11.7. The number of unbranched alkanes of at least 4 members (excludes halogenated alkanes) is 1. The second-order valence-corrected chi connectivity index (χ2v) is 5.33. The Bertz CT molecular complexity index is 745. The number of esters is 1. The maximum atomic E-state index is 12.1. The molecule has 0 saturated heterocycles. The van der Waals surface area contributed by atoms with Crippen molar-refractivity contribution in [2.24, 2.45) is 0 Å². The van der Waals surface area contributed by atoms with Gasteiger partial charge in [0.1, 0.15) is 11.7 Å². The molecular weight excluding hydrogens is 254 g/mol. The van der Waals surface area contributed by atoms with Gasteiger partial charge in [-0.25, -0.2) is 4.79 Å². The van der Waals surface area contributed by atoms with Crippen LogP contribution in [0.5, 0.6) is 0 Å². The van der Waals surface area contributed by atoms with Gasteiger partial charge in [0.05, 0.1) is 0 Å². The summed E-state index contributed by atoms with van der Waals surface area (Å²) in [6.07, 6.45) is 2.48. The molecule has 1 aliphatic heterocycles. The molecular formula is C16H17NO3. The van der Waals surface area contributed by atoms with E-state index in [2.05, 4.69) is 11.9 Å². The number of ether oxygens (including phenoxy) is 1. The van der Waals surface area contributed by atoms with E-state index in [-0.39, 0.29) is 17.2 Å². The molecule has 0 radical (unpaired) electrons. The highest BCUT2D eigenvalue weighted by atomic mass is 16.5. The molecule has 4 nitrogen and oxygen atoms in total. The number of aromatic amines is 1. The summed E-state index contributed by atoms with van der Waals surface area (Å²) in [6.45, 7) is 4.09. The van der Waals surface area contributed by atoms with Gasteiger partial charge in [0, 0.05) is 16.5 Å². The molecule has 1 aromatic carbocycles. The van der Waals surface area contributed by atoms with E-state index in [0.29, 0.717) is 0 Å². The maximum absolute atomic E-state index is 12.1. The Kier molecular flexibility index (Phi) is 3.08. The normalized spacial score (nSPS) is 17.3. The van der Waals surface area contributed by atoms with Gasteiger partial charge in [-0.05, 0) is 31.9 Å². The number of rotatable bonds is 3. The van der Waals surface area contributed by atoms with Crippen LogP contribution in [0.15, 0.2) is 23.0 Å². The van der Waals surface area contributed by atoms with Crippen molar-refractivity contribution in [3.63, 3.8) is 0 Å². The van der Waals surface area contributed by atoms with Gasteiger partial charge >= 0.3 is 5.97 Å². The number of hydrogen-bond donors (Lipinski definition) is 1. The third kappa shape index (κ3) is 1.92. The fraction of sp³-hybridized carbons (Fsp3) is 0.375. The SMILES string of the molecule is CCCCC1OC(=O)c2c1c1cc(C)ccc1[nH]c2=O. The Morgan fingerprint density at radius 2 is 2.10 bits per heavy atom. The van der Waals surface area contributed by atoms with E-state index in [0.717, 1.165) is 41.3 Å². The molecule has 0 saturated carbocycles. The number of aromatic nitrogens is 1. The van der Waals surface area contributed by atoms with Crippen LogP contribution in [0.1, 0.15) is 53.8 Å². The van der Waals surface area contributed by atoms with Crippen LogP contribution in [-0.2, 0) is 4.74 Å². The molecule has 0 aliphatic carbocycles. The lowest BCUT2D eigenvalue weighted by atomic mass is 9.96. The van der Waals surface area contributed by atoms with Crippen molar-refractivity contribution in [1.82, 2.24) is 4.98 Å². The lowest BCUT2D eigenvalue weighted by Crippen LogP contribution is -2.16. The number of nitrogens with one attached hydrogen (secondary N) is 1. The second-order valence-electron chi connectivity index (χ2n) is 5.33. The zero-order chi connectivity index (χ0) is 14.3. The van der Waals surface area contributed by atoms with Crippen molar-refractivity contribution in [3.8, 4) is 0 Å². The Balaban J connectivity index is 2.27. The van der Waals surface area contributed by atoms with E-state index in [1.807, 2.05) is 25.1 Å². The van der Waals surface area contributed by atoms with Crippen LogP contribution < -0.4 is 5.56 Å². The van der Waals surface area contributed by atoms with Gasteiger partial charge in [-0.3, -0.25) is 4.79 Å². The van der Waals surface area contributed by atoms with Crippen molar-refractivity contribution in [2.45, 2.75) is 39.2 Å². The number of benzene rings is 1. The minimum Gasteiger partial charge on any atom is -0.454 e. The number of aryl methyl sites for hydroxylation is 1. The Morgan fingerprint density at radius 1 is 1.30 bits per heavy atom. The molecule has 0 bridgehead atoms. The summed E-state index contributed by atoms with van der Waals surface area (Å²) >= 11 is 0. The lowest BCUT2D eigenvalue weighted by Gasteiger charge is -2.12. The lowest BCUT2D eigenvalue weighted by molar-refractivity contribution is 0.0365. The summed E-state index contributed by atoms with van der Waals surface area (Å²) in [7, 11) is 0. The number of hydrogen-bond acceptors (Lipinski definition) is 3. The number of carbonyl (C=O) groups excluding carboxylic acids is 1. The molecule has 1 N–H and O–H groups in total. The predicted octanol–water partition coefficient (Wildman–Crippen LogP) is 3.24. The zero-order valence-electron chi connectivity index (χ0n) is 11.7. The average molecular weight is 271 g/mol. The summed E-state index contributed by atoms with van der Waals surface area (Å²) in [6, 6.07) is 5.83. The van der Waals surface area contributed by atoms with E-state index < -0.39 is 5.97 Å². The highest BCUT2D eigenvalue weighted by Gasteiger charge is 2.35. The van der Waals surface area contributed by atoms with Gasteiger partial charge in [-0.2, -0.15) is 0 Å². The molecule has 0 spiro atoms. The van der Waals surface area contributed by atoms with Crippen LogP contribution in [0, 0.1) is 6.92 Å². The molecule has 4 heteroatoms. The molecule has 1 unspecified atom stereocenters. The fourth-order valence-electron chi connectivity index (χ4n) is 2.81. The summed E-state index contributed by atoms with van der Waals surface area (Å²) in [5.74, 6) is -0.495. The van der Waals surface area contributed by atoms with Crippen LogP contribution in [0.3, 0.4) is 0 Å². The number of cyclic esters (lactones) is 1. The third-order valence-electron chi connectivity index (χ3n) is 3.81. The van der Waals surface area contributed by atoms with Gasteiger partial charge < -0.3 is 9.72 Å². The molecule has 3 rings (SSSR count). The summed E-state index contributed by atoms with van der Waals surface area (Å²) in [5, 5.41) is 0.923. The fourth-order valence-corrected chi connectivity index (χ4v) is 2.81. The Morgan fingerprint density at radius 3 is 2.85 bits per heavy atom. The average Bonchev–Trinajstić information content (AvgIpc) is 2.75. The monoisotopic (exact) mass is 271 g/mol. The molecule has 2 aromatic rings. The minimum absolute atomic E-state index is 0.184. The first-order valence-electron chi connectivity index (χ1n) is 6.99. The molecule has 0 fully saturated rings. The van der Waals surface area contributed by atoms with E-state index in [1.165, 1.54) is 0 Å². The molecule has 1 aliphatic rings. The molecule has 1 aromatic heterocycles. The molecule has 2 heterocycles. The molecule has 104 valence electrons. The van der Waals surface area contributed by atoms with E-state index >= 15 is 0 Å². The molecule has 1 atom stereocenters. The predicted molar refractivity (Wildman–Crippen MR) is 77.0 cm³/mol. The summed E-state index contributed by atoms with van der Waals surface area (Å²) < 4.78 is 5.40. The van der Waals surface area contributed by atoms with Crippen LogP contribution in [0.2, 0.25) is 0 Å². The Hall–Kier alpha value is -2.10. The van der Waals surface area contributed by atoms with Crippen molar-refractivity contribution < 1.29 is 9.53 Å². The van der Waals surface area contributed by atoms with Crippen molar-refractivity contribution in [1.29, 1.82) is 0 Å². The van der Waals surface area contributed by atoms with Crippen molar-refractivity contribution in [3.05, 3.63) is 45.2 Å². The van der Waals surface area contributed by atoms with Crippen LogP contribution in [-0.4, -0.2) is 11.0 Å². The van der Waals surface area contributed by atoms with Gasteiger partial charge in [-0.1, -0.05) is 25.0 Å². The van der Waals surface area contributed by atoms with Gasteiger partial charge in [0.25, 0.3) is 5.56 Å².